The number of carbonyl (C=O) groups is 1. The van der Waals surface area contributed by atoms with Gasteiger partial charge in [0.2, 0.25) is 10.0 Å². The molecule has 1 aliphatic rings. The third-order valence-electron chi connectivity index (χ3n) is 4.81. The van der Waals surface area contributed by atoms with Crippen LogP contribution in [0, 0.1) is 12.3 Å². The zero-order chi connectivity index (χ0) is 20.5. The number of hydrogen-bond acceptors (Lipinski definition) is 3. The Morgan fingerprint density at radius 2 is 1.67 bits per heavy atom. The Bertz CT molecular complexity index is 786. The van der Waals surface area contributed by atoms with Gasteiger partial charge in [-0.2, -0.15) is 4.31 Å². The first-order valence-corrected chi connectivity index (χ1v) is 11.2. The van der Waals surface area contributed by atoms with Crippen LogP contribution in [-0.4, -0.2) is 37.3 Å². The molecular weight excluding hydrogens is 360 g/mol. The third kappa shape index (κ3) is 5.79. The average molecular weight is 395 g/mol. The van der Waals surface area contributed by atoms with Crippen molar-refractivity contribution in [3.05, 3.63) is 29.3 Å². The molecule has 5 nitrogen and oxygen atoms in total. The molecule has 152 valence electrons. The van der Waals surface area contributed by atoms with E-state index in [-0.39, 0.29) is 21.8 Å². The van der Waals surface area contributed by atoms with Crippen molar-refractivity contribution in [2.45, 2.75) is 77.7 Å². The van der Waals surface area contributed by atoms with E-state index < -0.39 is 10.0 Å². The predicted octanol–water partition coefficient (Wildman–Crippen LogP) is 4.11. The van der Waals surface area contributed by atoms with Gasteiger partial charge in [0, 0.05) is 24.2 Å². The quantitative estimate of drug-likeness (QED) is 0.817. The molecule has 1 aromatic carbocycles. The first-order chi connectivity index (χ1) is 12.3. The topological polar surface area (TPSA) is 66.5 Å². The highest BCUT2D eigenvalue weighted by atomic mass is 32.2. The maximum Gasteiger partial charge on any atom is 0.251 e. The normalized spacial score (nSPS) is 17.0. The van der Waals surface area contributed by atoms with Gasteiger partial charge in [-0.15, -0.1) is 0 Å². The lowest BCUT2D eigenvalue weighted by Crippen LogP contribution is -2.45. The molecule has 0 atom stereocenters. The summed E-state index contributed by atoms with van der Waals surface area (Å²) in [6.07, 6.45) is 3.66. The van der Waals surface area contributed by atoms with Crippen LogP contribution in [0.25, 0.3) is 0 Å². The molecule has 27 heavy (non-hydrogen) atoms. The van der Waals surface area contributed by atoms with Gasteiger partial charge in [-0.05, 0) is 63.1 Å². The zero-order valence-corrected chi connectivity index (χ0v) is 18.4. The number of piperidine rings is 1. The summed E-state index contributed by atoms with van der Waals surface area (Å²) in [5, 5.41) is 3.06. The number of amides is 1. The van der Waals surface area contributed by atoms with E-state index in [1.54, 1.807) is 23.4 Å². The Labute approximate surface area is 164 Å². The molecule has 0 radical (unpaired) electrons. The van der Waals surface area contributed by atoms with E-state index in [2.05, 4.69) is 26.1 Å². The molecule has 1 N–H and O–H groups in total. The van der Waals surface area contributed by atoms with Crippen LogP contribution in [0.4, 0.5) is 0 Å². The third-order valence-corrected chi connectivity index (χ3v) is 6.85. The summed E-state index contributed by atoms with van der Waals surface area (Å²) in [6, 6.07) is 4.96. The molecule has 0 bridgehead atoms. The minimum absolute atomic E-state index is 0.0762. The fraction of sp³-hybridized carbons (Fsp3) is 0.667. The van der Waals surface area contributed by atoms with Crippen molar-refractivity contribution in [2.24, 2.45) is 5.41 Å². The number of rotatable bonds is 5. The van der Waals surface area contributed by atoms with Crippen molar-refractivity contribution in [3.63, 3.8) is 0 Å². The lowest BCUT2D eigenvalue weighted by Gasteiger charge is -2.33. The van der Waals surface area contributed by atoms with Crippen LogP contribution in [0.1, 0.15) is 76.2 Å². The highest BCUT2D eigenvalue weighted by molar-refractivity contribution is 7.89. The second kappa shape index (κ2) is 7.92. The van der Waals surface area contributed by atoms with Gasteiger partial charge < -0.3 is 5.32 Å². The molecule has 0 aliphatic carbocycles. The second-order valence-electron chi connectivity index (χ2n) is 9.52. The van der Waals surface area contributed by atoms with E-state index in [1.807, 2.05) is 13.8 Å². The molecule has 0 aromatic heterocycles. The Hall–Kier alpha value is -1.40. The molecule has 1 saturated heterocycles. The minimum atomic E-state index is -3.57. The number of sulfonamides is 1. The monoisotopic (exact) mass is 394 g/mol. The fourth-order valence-corrected chi connectivity index (χ4v) is 5.78. The van der Waals surface area contributed by atoms with Crippen molar-refractivity contribution in [1.29, 1.82) is 0 Å². The Morgan fingerprint density at radius 3 is 2.22 bits per heavy atom. The highest BCUT2D eigenvalue weighted by Gasteiger charge is 2.30. The molecule has 1 aromatic rings. The van der Waals surface area contributed by atoms with Gasteiger partial charge in [0.1, 0.15) is 0 Å². The van der Waals surface area contributed by atoms with E-state index in [0.29, 0.717) is 24.2 Å². The number of nitrogens with zero attached hydrogens (tertiary/aromatic N) is 1. The van der Waals surface area contributed by atoms with E-state index in [0.717, 1.165) is 25.7 Å². The predicted molar refractivity (Wildman–Crippen MR) is 109 cm³/mol. The SMILES string of the molecule is Cc1ccc(C(=O)NC(C)(C)CC(C)(C)C)cc1S(=O)(=O)N1CCCCC1. The first-order valence-electron chi connectivity index (χ1n) is 9.75. The van der Waals surface area contributed by atoms with E-state index in [9.17, 15) is 13.2 Å². The lowest BCUT2D eigenvalue weighted by atomic mass is 9.81. The molecular formula is C21H34N2O3S. The maximum atomic E-state index is 13.0. The molecule has 6 heteroatoms. The molecule has 1 heterocycles. The number of hydrogen-bond donors (Lipinski definition) is 1. The van der Waals surface area contributed by atoms with E-state index >= 15 is 0 Å². The summed E-state index contributed by atoms with van der Waals surface area (Å²) in [5.41, 5.74) is 0.753. The van der Waals surface area contributed by atoms with Gasteiger partial charge in [-0.3, -0.25) is 4.79 Å². The Kier molecular flexibility index (Phi) is 6.42. The van der Waals surface area contributed by atoms with Gasteiger partial charge in [-0.25, -0.2) is 8.42 Å². The van der Waals surface area contributed by atoms with Crippen LogP contribution in [0.15, 0.2) is 23.1 Å². The van der Waals surface area contributed by atoms with Gasteiger partial charge in [0.25, 0.3) is 5.91 Å². The van der Waals surface area contributed by atoms with Crippen LogP contribution in [-0.2, 0) is 10.0 Å². The van der Waals surface area contributed by atoms with Gasteiger partial charge in [-0.1, -0.05) is 33.3 Å². The van der Waals surface area contributed by atoms with Gasteiger partial charge in [0.15, 0.2) is 0 Å². The van der Waals surface area contributed by atoms with Crippen LogP contribution in [0.2, 0.25) is 0 Å². The van der Waals surface area contributed by atoms with Gasteiger partial charge in [0.05, 0.1) is 4.90 Å². The number of aryl methyl sites for hydroxylation is 1. The van der Waals surface area contributed by atoms with Crippen molar-refractivity contribution in [2.75, 3.05) is 13.1 Å². The summed E-state index contributed by atoms with van der Waals surface area (Å²) in [7, 11) is -3.57. The number of carbonyl (C=O) groups excluding carboxylic acids is 1. The molecule has 1 fully saturated rings. The van der Waals surface area contributed by atoms with E-state index in [4.69, 9.17) is 0 Å². The second-order valence-corrected chi connectivity index (χ2v) is 11.4. The lowest BCUT2D eigenvalue weighted by molar-refractivity contribution is 0.0891. The van der Waals surface area contributed by atoms with Crippen molar-refractivity contribution in [1.82, 2.24) is 9.62 Å². The summed E-state index contributed by atoms with van der Waals surface area (Å²) in [4.78, 5) is 13.0. The van der Waals surface area contributed by atoms with Crippen LogP contribution in [0.3, 0.4) is 0 Å². The fourth-order valence-electron chi connectivity index (χ4n) is 4.01. The number of nitrogens with one attached hydrogen (secondary N) is 1. The highest BCUT2D eigenvalue weighted by Crippen LogP contribution is 2.28. The summed E-state index contributed by atoms with van der Waals surface area (Å²) in [5.74, 6) is -0.237. The van der Waals surface area contributed by atoms with Crippen molar-refractivity contribution >= 4 is 15.9 Å². The van der Waals surface area contributed by atoms with Crippen molar-refractivity contribution in [3.8, 4) is 0 Å². The van der Waals surface area contributed by atoms with E-state index in [1.165, 1.54) is 6.07 Å². The Morgan fingerprint density at radius 1 is 1.07 bits per heavy atom. The summed E-state index contributed by atoms with van der Waals surface area (Å²) >= 11 is 0. The van der Waals surface area contributed by atoms with Crippen LogP contribution < -0.4 is 5.32 Å². The molecule has 0 saturated carbocycles. The average Bonchev–Trinajstić information content (AvgIpc) is 2.53. The smallest absolute Gasteiger partial charge is 0.251 e. The molecule has 2 rings (SSSR count). The van der Waals surface area contributed by atoms with Crippen molar-refractivity contribution < 1.29 is 13.2 Å². The first kappa shape index (κ1) is 21.9. The van der Waals surface area contributed by atoms with Gasteiger partial charge >= 0.3 is 0 Å². The molecule has 1 amide bonds. The van der Waals surface area contributed by atoms with Crippen LogP contribution >= 0.6 is 0 Å². The number of benzene rings is 1. The maximum absolute atomic E-state index is 13.0. The largest absolute Gasteiger partial charge is 0.347 e. The molecule has 0 spiro atoms. The summed E-state index contributed by atoms with van der Waals surface area (Å²) in [6.45, 7) is 13.3. The molecule has 1 aliphatic heterocycles. The standard InChI is InChI=1S/C21H34N2O3S/c1-16-10-11-17(19(24)22-21(5,6)15-20(2,3)4)14-18(16)27(25,26)23-12-8-7-9-13-23/h10-11,14H,7-9,12-13,15H2,1-6H3,(H,22,24). The molecule has 0 unspecified atom stereocenters. The minimum Gasteiger partial charge on any atom is -0.347 e. The zero-order valence-electron chi connectivity index (χ0n) is 17.6. The van der Waals surface area contributed by atoms with Crippen LogP contribution in [0.5, 0.6) is 0 Å². The summed E-state index contributed by atoms with van der Waals surface area (Å²) < 4.78 is 27.6. The Balaban J connectivity index is 2.27.